The number of rotatable bonds is 1. The largest absolute Gasteiger partial charge is 0.336 e. The summed E-state index contributed by atoms with van der Waals surface area (Å²) in [6.45, 7) is 3.74. The first-order valence-electron chi connectivity index (χ1n) is 2.76. The van der Waals surface area contributed by atoms with Crippen molar-refractivity contribution in [2.24, 2.45) is 0 Å². The molecule has 1 rings (SSSR count). The van der Waals surface area contributed by atoms with E-state index < -0.39 is 0 Å². The second-order valence-electron chi connectivity index (χ2n) is 1.83. The standard InChI is InChI=1S/C6H9NO/c1-2-3-6(8)7-4-5-7/h2-3H,4-5H2,1H3/b3-2+. The molecule has 44 valence electrons. The number of amides is 1. The molecule has 2 nitrogen and oxygen atoms in total. The predicted molar refractivity (Wildman–Crippen MR) is 31.4 cm³/mol. The molecular formula is C6H9NO. The van der Waals surface area contributed by atoms with Gasteiger partial charge in [0.05, 0.1) is 0 Å². The first-order valence-corrected chi connectivity index (χ1v) is 2.76. The molecule has 0 aromatic rings. The summed E-state index contributed by atoms with van der Waals surface area (Å²) < 4.78 is 0. The zero-order chi connectivity index (χ0) is 5.98. The van der Waals surface area contributed by atoms with Gasteiger partial charge in [-0.1, -0.05) is 6.08 Å². The van der Waals surface area contributed by atoms with Crippen molar-refractivity contribution in [2.75, 3.05) is 13.1 Å². The van der Waals surface area contributed by atoms with Crippen molar-refractivity contribution < 1.29 is 4.79 Å². The fraction of sp³-hybridized carbons (Fsp3) is 0.500. The van der Waals surface area contributed by atoms with Crippen molar-refractivity contribution in [3.63, 3.8) is 0 Å². The summed E-state index contributed by atoms with van der Waals surface area (Å²) in [5.41, 5.74) is 0. The Morgan fingerprint density at radius 3 is 2.62 bits per heavy atom. The van der Waals surface area contributed by atoms with Crippen LogP contribution in [-0.2, 0) is 4.79 Å². The third-order valence-corrected chi connectivity index (χ3v) is 1.07. The van der Waals surface area contributed by atoms with Gasteiger partial charge in [0.15, 0.2) is 0 Å². The van der Waals surface area contributed by atoms with Crippen molar-refractivity contribution >= 4 is 5.91 Å². The lowest BCUT2D eigenvalue weighted by atomic mass is 10.5. The number of allylic oxidation sites excluding steroid dienone is 1. The molecule has 0 atom stereocenters. The van der Waals surface area contributed by atoms with Gasteiger partial charge in [0.2, 0.25) is 5.91 Å². The van der Waals surface area contributed by atoms with Crippen LogP contribution in [0.1, 0.15) is 6.92 Å². The molecule has 1 aliphatic rings. The van der Waals surface area contributed by atoms with E-state index in [1.807, 2.05) is 6.92 Å². The molecule has 0 N–H and O–H groups in total. The lowest BCUT2D eigenvalue weighted by molar-refractivity contribution is -0.120. The molecule has 1 fully saturated rings. The van der Waals surface area contributed by atoms with E-state index in [0.717, 1.165) is 13.1 Å². The van der Waals surface area contributed by atoms with Gasteiger partial charge < -0.3 is 4.90 Å². The summed E-state index contributed by atoms with van der Waals surface area (Å²) in [6.07, 6.45) is 3.35. The zero-order valence-electron chi connectivity index (χ0n) is 4.92. The topological polar surface area (TPSA) is 20.1 Å². The van der Waals surface area contributed by atoms with Crippen molar-refractivity contribution in [2.45, 2.75) is 6.92 Å². The molecule has 0 saturated carbocycles. The van der Waals surface area contributed by atoms with E-state index in [1.165, 1.54) is 0 Å². The minimum atomic E-state index is 0.146. The maximum atomic E-state index is 10.6. The maximum absolute atomic E-state index is 10.6. The quantitative estimate of drug-likeness (QED) is 0.354. The van der Waals surface area contributed by atoms with Crippen molar-refractivity contribution in [3.05, 3.63) is 12.2 Å². The van der Waals surface area contributed by atoms with Crippen LogP contribution in [0, 0.1) is 0 Å². The van der Waals surface area contributed by atoms with Crippen LogP contribution in [0.2, 0.25) is 0 Å². The van der Waals surface area contributed by atoms with Gasteiger partial charge in [-0.25, -0.2) is 0 Å². The molecule has 1 saturated heterocycles. The first kappa shape index (κ1) is 5.35. The van der Waals surface area contributed by atoms with Crippen LogP contribution >= 0.6 is 0 Å². The van der Waals surface area contributed by atoms with E-state index in [0.29, 0.717) is 0 Å². The molecule has 0 bridgehead atoms. The minimum Gasteiger partial charge on any atom is -0.336 e. The van der Waals surface area contributed by atoms with Crippen LogP contribution in [0.3, 0.4) is 0 Å². The Morgan fingerprint density at radius 2 is 2.25 bits per heavy atom. The highest BCUT2D eigenvalue weighted by molar-refractivity contribution is 5.89. The molecule has 2 heteroatoms. The van der Waals surface area contributed by atoms with Gasteiger partial charge in [-0.3, -0.25) is 4.79 Å². The Morgan fingerprint density at radius 1 is 1.62 bits per heavy atom. The average molecular weight is 111 g/mol. The summed E-state index contributed by atoms with van der Waals surface area (Å²) in [5, 5.41) is 0. The number of nitrogens with zero attached hydrogens (tertiary/aromatic N) is 1. The highest BCUT2D eigenvalue weighted by Gasteiger charge is 2.20. The van der Waals surface area contributed by atoms with Crippen LogP contribution in [0.25, 0.3) is 0 Å². The van der Waals surface area contributed by atoms with E-state index in [9.17, 15) is 4.79 Å². The molecule has 1 amide bonds. The fourth-order valence-electron chi connectivity index (χ4n) is 0.518. The molecule has 1 heterocycles. The van der Waals surface area contributed by atoms with Crippen LogP contribution < -0.4 is 0 Å². The van der Waals surface area contributed by atoms with E-state index in [1.54, 1.807) is 17.1 Å². The van der Waals surface area contributed by atoms with Crippen molar-refractivity contribution in [3.8, 4) is 0 Å². The van der Waals surface area contributed by atoms with Crippen LogP contribution in [0.5, 0.6) is 0 Å². The Bertz CT molecular complexity index is 124. The van der Waals surface area contributed by atoms with E-state index in [2.05, 4.69) is 0 Å². The molecule has 0 spiro atoms. The Kier molecular flexibility index (Phi) is 1.33. The van der Waals surface area contributed by atoms with Crippen LogP contribution in [0.4, 0.5) is 0 Å². The van der Waals surface area contributed by atoms with E-state index >= 15 is 0 Å². The van der Waals surface area contributed by atoms with Gasteiger partial charge in [0.1, 0.15) is 0 Å². The molecule has 0 aromatic carbocycles. The monoisotopic (exact) mass is 111 g/mol. The zero-order valence-corrected chi connectivity index (χ0v) is 4.92. The molecule has 0 radical (unpaired) electrons. The SMILES string of the molecule is C/C=C/C(=O)N1CC1. The number of carbonyl (C=O) groups excluding carboxylic acids is 1. The first-order chi connectivity index (χ1) is 3.84. The molecular weight excluding hydrogens is 102 g/mol. The van der Waals surface area contributed by atoms with Crippen molar-refractivity contribution in [1.29, 1.82) is 0 Å². The predicted octanol–water partition coefficient (Wildman–Crippen LogP) is 0.405. The third kappa shape index (κ3) is 1.09. The van der Waals surface area contributed by atoms with Gasteiger partial charge in [-0.2, -0.15) is 0 Å². The number of hydrogen-bond acceptors (Lipinski definition) is 1. The molecule has 1 aliphatic heterocycles. The van der Waals surface area contributed by atoms with Gasteiger partial charge in [-0.05, 0) is 13.0 Å². The lowest BCUT2D eigenvalue weighted by Crippen LogP contribution is -2.04. The maximum Gasteiger partial charge on any atom is 0.246 e. The third-order valence-electron chi connectivity index (χ3n) is 1.07. The molecule has 0 aliphatic carbocycles. The number of hydrogen-bond donors (Lipinski definition) is 0. The Labute approximate surface area is 48.8 Å². The summed E-state index contributed by atoms with van der Waals surface area (Å²) in [6, 6.07) is 0. The van der Waals surface area contributed by atoms with Gasteiger partial charge >= 0.3 is 0 Å². The van der Waals surface area contributed by atoms with Crippen molar-refractivity contribution in [1.82, 2.24) is 4.90 Å². The van der Waals surface area contributed by atoms with E-state index in [4.69, 9.17) is 0 Å². The van der Waals surface area contributed by atoms with Crippen LogP contribution in [-0.4, -0.2) is 23.9 Å². The molecule has 0 unspecified atom stereocenters. The summed E-state index contributed by atoms with van der Waals surface area (Å²) in [5.74, 6) is 0.146. The second kappa shape index (κ2) is 1.99. The van der Waals surface area contributed by atoms with Gasteiger partial charge in [0.25, 0.3) is 0 Å². The smallest absolute Gasteiger partial charge is 0.246 e. The molecule has 8 heavy (non-hydrogen) atoms. The Balaban J connectivity index is 2.33. The lowest BCUT2D eigenvalue weighted by Gasteiger charge is -1.89. The fourth-order valence-corrected chi connectivity index (χ4v) is 0.518. The average Bonchev–Trinajstić information content (AvgIpc) is 2.45. The highest BCUT2D eigenvalue weighted by atomic mass is 16.2. The normalized spacial score (nSPS) is 17.4. The Hall–Kier alpha value is -0.790. The second-order valence-corrected chi connectivity index (χ2v) is 1.83. The van der Waals surface area contributed by atoms with Gasteiger partial charge in [-0.15, -0.1) is 0 Å². The summed E-state index contributed by atoms with van der Waals surface area (Å²) in [4.78, 5) is 12.4. The van der Waals surface area contributed by atoms with Gasteiger partial charge in [0, 0.05) is 13.1 Å². The number of carbonyl (C=O) groups is 1. The summed E-state index contributed by atoms with van der Waals surface area (Å²) in [7, 11) is 0. The van der Waals surface area contributed by atoms with E-state index in [-0.39, 0.29) is 5.91 Å². The minimum absolute atomic E-state index is 0.146. The highest BCUT2D eigenvalue weighted by Crippen LogP contribution is 2.03. The summed E-state index contributed by atoms with van der Waals surface area (Å²) >= 11 is 0. The molecule has 0 aromatic heterocycles. The van der Waals surface area contributed by atoms with Crippen LogP contribution in [0.15, 0.2) is 12.2 Å².